The van der Waals surface area contributed by atoms with Crippen LogP contribution in [0.5, 0.6) is 5.75 Å². The summed E-state index contributed by atoms with van der Waals surface area (Å²) >= 11 is 0. The molecule has 0 radical (unpaired) electrons. The minimum absolute atomic E-state index is 0.0997. The first-order valence-corrected chi connectivity index (χ1v) is 6.98. The number of rotatable bonds is 4. The minimum atomic E-state index is -0.380. The first-order chi connectivity index (χ1) is 11.0. The Morgan fingerprint density at radius 3 is 2.26 bits per heavy atom. The predicted molar refractivity (Wildman–Crippen MR) is 88.5 cm³/mol. The molecule has 118 valence electrons. The van der Waals surface area contributed by atoms with Gasteiger partial charge in [-0.05, 0) is 43.3 Å². The SMILES string of the molecule is CC(=O)Nc1ccc(C(=O)NN=C(C)c2ccccc2O)cc1. The van der Waals surface area contributed by atoms with E-state index < -0.39 is 0 Å². The number of nitrogens with zero attached hydrogens (tertiary/aromatic N) is 1. The predicted octanol–water partition coefficient (Wildman–Crippen LogP) is 2.50. The van der Waals surface area contributed by atoms with Crippen LogP contribution >= 0.6 is 0 Å². The molecule has 0 saturated heterocycles. The minimum Gasteiger partial charge on any atom is -0.507 e. The molecular formula is C17H17N3O3. The molecule has 2 aromatic carbocycles. The highest BCUT2D eigenvalue weighted by Crippen LogP contribution is 2.16. The number of phenolic OH excluding ortho intramolecular Hbond substituents is 1. The fourth-order valence-corrected chi connectivity index (χ4v) is 1.95. The van der Waals surface area contributed by atoms with Gasteiger partial charge in [0.2, 0.25) is 5.91 Å². The molecule has 0 aromatic heterocycles. The van der Waals surface area contributed by atoms with E-state index >= 15 is 0 Å². The standard InChI is InChI=1S/C17H17N3O3/c1-11(15-5-3-4-6-16(15)22)19-20-17(23)13-7-9-14(10-8-13)18-12(2)21/h3-10,22H,1-2H3,(H,18,21)(H,20,23). The number of para-hydroxylation sites is 1. The topological polar surface area (TPSA) is 90.8 Å². The molecule has 0 atom stereocenters. The van der Waals surface area contributed by atoms with Gasteiger partial charge in [0, 0.05) is 23.7 Å². The number of benzene rings is 2. The van der Waals surface area contributed by atoms with Crippen LogP contribution in [0.15, 0.2) is 53.6 Å². The van der Waals surface area contributed by atoms with E-state index in [1.54, 1.807) is 55.5 Å². The first kappa shape index (κ1) is 16.2. The highest BCUT2D eigenvalue weighted by Gasteiger charge is 2.07. The van der Waals surface area contributed by atoms with E-state index in [0.29, 0.717) is 22.5 Å². The molecule has 0 fully saturated rings. The van der Waals surface area contributed by atoms with Gasteiger partial charge in [-0.25, -0.2) is 5.43 Å². The van der Waals surface area contributed by atoms with Crippen molar-refractivity contribution in [2.24, 2.45) is 5.10 Å². The zero-order valence-corrected chi connectivity index (χ0v) is 12.8. The van der Waals surface area contributed by atoms with E-state index in [-0.39, 0.29) is 17.6 Å². The Labute approximate surface area is 133 Å². The normalized spacial score (nSPS) is 11.0. The van der Waals surface area contributed by atoms with Crippen molar-refractivity contribution in [2.75, 3.05) is 5.32 Å². The van der Waals surface area contributed by atoms with Gasteiger partial charge in [0.1, 0.15) is 5.75 Å². The Morgan fingerprint density at radius 2 is 1.65 bits per heavy atom. The van der Waals surface area contributed by atoms with Crippen LogP contribution in [0.25, 0.3) is 0 Å². The Bertz CT molecular complexity index is 752. The quantitative estimate of drug-likeness (QED) is 0.598. The number of carbonyl (C=O) groups excluding carboxylic acids is 2. The second-order valence-electron chi connectivity index (χ2n) is 4.91. The molecule has 2 aromatic rings. The highest BCUT2D eigenvalue weighted by atomic mass is 16.3. The lowest BCUT2D eigenvalue weighted by molar-refractivity contribution is -0.114. The number of hydrogen-bond acceptors (Lipinski definition) is 4. The molecule has 0 unspecified atom stereocenters. The van der Waals surface area contributed by atoms with Crippen LogP contribution in [0.1, 0.15) is 29.8 Å². The number of phenols is 1. The van der Waals surface area contributed by atoms with Crippen molar-refractivity contribution in [3.05, 3.63) is 59.7 Å². The molecule has 0 bridgehead atoms. The maximum Gasteiger partial charge on any atom is 0.271 e. The average Bonchev–Trinajstić information content (AvgIpc) is 2.53. The van der Waals surface area contributed by atoms with E-state index in [4.69, 9.17) is 0 Å². The molecule has 2 rings (SSSR count). The summed E-state index contributed by atoms with van der Waals surface area (Å²) in [6.07, 6.45) is 0. The second kappa shape index (κ2) is 7.22. The molecule has 0 heterocycles. The van der Waals surface area contributed by atoms with Crippen molar-refractivity contribution in [1.82, 2.24) is 5.43 Å². The van der Waals surface area contributed by atoms with Gasteiger partial charge >= 0.3 is 0 Å². The average molecular weight is 311 g/mol. The van der Waals surface area contributed by atoms with Crippen LogP contribution < -0.4 is 10.7 Å². The molecule has 0 aliphatic carbocycles. The van der Waals surface area contributed by atoms with E-state index in [1.165, 1.54) is 6.92 Å². The van der Waals surface area contributed by atoms with Crippen molar-refractivity contribution in [2.45, 2.75) is 13.8 Å². The van der Waals surface area contributed by atoms with Crippen LogP contribution in [-0.4, -0.2) is 22.6 Å². The molecule has 6 heteroatoms. The maximum atomic E-state index is 12.0. The van der Waals surface area contributed by atoms with Crippen molar-refractivity contribution < 1.29 is 14.7 Å². The molecule has 3 N–H and O–H groups in total. The number of hydrazone groups is 1. The largest absolute Gasteiger partial charge is 0.507 e. The summed E-state index contributed by atoms with van der Waals surface area (Å²) in [7, 11) is 0. The Balaban J connectivity index is 2.05. The highest BCUT2D eigenvalue weighted by molar-refractivity contribution is 6.02. The van der Waals surface area contributed by atoms with E-state index in [1.807, 2.05) is 0 Å². The van der Waals surface area contributed by atoms with Crippen molar-refractivity contribution >= 4 is 23.2 Å². The van der Waals surface area contributed by atoms with Gasteiger partial charge in [-0.15, -0.1) is 0 Å². The third-order valence-electron chi connectivity index (χ3n) is 3.09. The molecule has 23 heavy (non-hydrogen) atoms. The Hall–Kier alpha value is -3.15. The van der Waals surface area contributed by atoms with Crippen LogP contribution in [0, 0.1) is 0 Å². The number of hydrogen-bond donors (Lipinski definition) is 3. The van der Waals surface area contributed by atoms with Gasteiger partial charge in [-0.1, -0.05) is 12.1 Å². The fourth-order valence-electron chi connectivity index (χ4n) is 1.95. The van der Waals surface area contributed by atoms with Gasteiger partial charge in [-0.3, -0.25) is 9.59 Å². The summed E-state index contributed by atoms with van der Waals surface area (Å²) < 4.78 is 0. The summed E-state index contributed by atoms with van der Waals surface area (Å²) in [5.74, 6) is -0.457. The fraction of sp³-hybridized carbons (Fsp3) is 0.118. The molecule has 2 amide bonds. The molecule has 0 spiro atoms. The second-order valence-corrected chi connectivity index (χ2v) is 4.91. The number of nitrogens with one attached hydrogen (secondary N) is 2. The molecule has 6 nitrogen and oxygen atoms in total. The summed E-state index contributed by atoms with van der Waals surface area (Å²) in [5.41, 5.74) is 4.50. The van der Waals surface area contributed by atoms with Gasteiger partial charge in [0.05, 0.1) is 5.71 Å². The zero-order valence-electron chi connectivity index (χ0n) is 12.8. The van der Waals surface area contributed by atoms with Crippen LogP contribution in [0.2, 0.25) is 0 Å². The summed E-state index contributed by atoms with van der Waals surface area (Å²) in [6, 6.07) is 13.2. The maximum absolute atomic E-state index is 12.0. The van der Waals surface area contributed by atoms with Gasteiger partial charge in [0.25, 0.3) is 5.91 Å². The first-order valence-electron chi connectivity index (χ1n) is 6.98. The lowest BCUT2D eigenvalue weighted by Gasteiger charge is -2.06. The Morgan fingerprint density at radius 1 is 1.00 bits per heavy atom. The van der Waals surface area contributed by atoms with Crippen molar-refractivity contribution in [1.29, 1.82) is 0 Å². The number of amides is 2. The van der Waals surface area contributed by atoms with Crippen LogP contribution in [0.3, 0.4) is 0 Å². The lowest BCUT2D eigenvalue weighted by atomic mass is 10.1. The van der Waals surface area contributed by atoms with E-state index in [2.05, 4.69) is 15.8 Å². The summed E-state index contributed by atoms with van der Waals surface area (Å²) in [5, 5.41) is 16.4. The molecule has 0 aliphatic heterocycles. The zero-order chi connectivity index (χ0) is 16.8. The van der Waals surface area contributed by atoms with Crippen molar-refractivity contribution in [3.8, 4) is 5.75 Å². The number of aromatic hydroxyl groups is 1. The number of carbonyl (C=O) groups is 2. The lowest BCUT2D eigenvalue weighted by Crippen LogP contribution is -2.19. The monoisotopic (exact) mass is 311 g/mol. The molecule has 0 saturated carbocycles. The summed E-state index contributed by atoms with van der Waals surface area (Å²) in [4.78, 5) is 23.0. The Kier molecular flexibility index (Phi) is 5.09. The summed E-state index contributed by atoms with van der Waals surface area (Å²) in [6.45, 7) is 3.10. The third kappa shape index (κ3) is 4.41. The molecular weight excluding hydrogens is 294 g/mol. The van der Waals surface area contributed by atoms with Gasteiger partial charge in [0.15, 0.2) is 0 Å². The molecule has 0 aliphatic rings. The third-order valence-corrected chi connectivity index (χ3v) is 3.09. The van der Waals surface area contributed by atoms with Gasteiger partial charge < -0.3 is 10.4 Å². The van der Waals surface area contributed by atoms with E-state index in [0.717, 1.165) is 0 Å². The van der Waals surface area contributed by atoms with Crippen molar-refractivity contribution in [3.63, 3.8) is 0 Å². The smallest absolute Gasteiger partial charge is 0.271 e. The van der Waals surface area contributed by atoms with Gasteiger partial charge in [-0.2, -0.15) is 5.10 Å². The van der Waals surface area contributed by atoms with Crippen LogP contribution in [-0.2, 0) is 4.79 Å². The van der Waals surface area contributed by atoms with E-state index in [9.17, 15) is 14.7 Å². The van der Waals surface area contributed by atoms with Crippen LogP contribution in [0.4, 0.5) is 5.69 Å². The number of anilines is 1.